The third-order valence-electron chi connectivity index (χ3n) is 5.46. The highest BCUT2D eigenvalue weighted by molar-refractivity contribution is 7.09. The zero-order valence-corrected chi connectivity index (χ0v) is 20.7. The predicted octanol–water partition coefficient (Wildman–Crippen LogP) is 4.80. The lowest BCUT2D eigenvalue weighted by molar-refractivity contribution is -0.132. The largest absolute Gasteiger partial charge is 0.493 e. The molecule has 2 amide bonds. The van der Waals surface area contributed by atoms with Crippen LogP contribution >= 0.6 is 11.3 Å². The van der Waals surface area contributed by atoms with Crippen LogP contribution in [0.3, 0.4) is 0 Å². The summed E-state index contributed by atoms with van der Waals surface area (Å²) in [5, 5.41) is 1.96. The predicted molar refractivity (Wildman–Crippen MR) is 135 cm³/mol. The summed E-state index contributed by atoms with van der Waals surface area (Å²) in [4.78, 5) is 30.4. The number of amides is 2. The molecule has 35 heavy (non-hydrogen) atoms. The quantitative estimate of drug-likeness (QED) is 0.338. The minimum Gasteiger partial charge on any atom is -0.493 e. The van der Waals surface area contributed by atoms with E-state index in [-0.39, 0.29) is 24.6 Å². The molecule has 0 aliphatic carbocycles. The van der Waals surface area contributed by atoms with Crippen molar-refractivity contribution in [1.29, 1.82) is 0 Å². The molecule has 0 aliphatic heterocycles. The molecular formula is C27H29FN2O4S. The normalized spacial score (nSPS) is 10.5. The number of hydrogen-bond acceptors (Lipinski definition) is 5. The highest BCUT2D eigenvalue weighted by Crippen LogP contribution is 2.28. The summed E-state index contributed by atoms with van der Waals surface area (Å²) in [6.07, 6.45) is 2.11. The van der Waals surface area contributed by atoms with Gasteiger partial charge in [-0.3, -0.25) is 9.59 Å². The molecule has 3 rings (SSSR count). The Labute approximate surface area is 209 Å². The maximum atomic E-state index is 14.2. The zero-order valence-electron chi connectivity index (χ0n) is 19.9. The molecule has 0 atom stereocenters. The Bertz CT molecular complexity index is 1150. The van der Waals surface area contributed by atoms with E-state index in [1.54, 1.807) is 36.5 Å². The van der Waals surface area contributed by atoms with E-state index in [9.17, 15) is 14.0 Å². The average Bonchev–Trinajstić information content (AvgIpc) is 3.39. The molecule has 2 aromatic carbocycles. The standard InChI is InChI=1S/C27H29FN2O4S/c1-4-14-30(27(32)22-9-5-6-10-23(22)28)19-26(31)29(18-21-8-7-16-35-21)15-13-20-11-12-24(33-2)25(17-20)34-3/h4-12,16-17H,1,13-15,18-19H2,2-3H3. The molecule has 0 fully saturated rings. The van der Waals surface area contributed by atoms with Gasteiger partial charge in [0.15, 0.2) is 11.5 Å². The van der Waals surface area contributed by atoms with E-state index in [1.807, 2.05) is 35.7 Å². The molecule has 0 spiro atoms. The molecule has 0 saturated heterocycles. The molecule has 0 aliphatic rings. The zero-order chi connectivity index (χ0) is 25.2. The lowest BCUT2D eigenvalue weighted by Crippen LogP contribution is -2.43. The van der Waals surface area contributed by atoms with Crippen LogP contribution in [0.5, 0.6) is 11.5 Å². The van der Waals surface area contributed by atoms with Crippen LogP contribution in [0.1, 0.15) is 20.8 Å². The monoisotopic (exact) mass is 496 g/mol. The number of rotatable bonds is 12. The number of carbonyl (C=O) groups excluding carboxylic acids is 2. The first-order valence-electron chi connectivity index (χ1n) is 11.1. The smallest absolute Gasteiger partial charge is 0.257 e. The van der Waals surface area contributed by atoms with Crippen molar-refractivity contribution in [3.63, 3.8) is 0 Å². The molecule has 0 saturated carbocycles. The van der Waals surface area contributed by atoms with Gasteiger partial charge in [0.05, 0.1) is 26.3 Å². The van der Waals surface area contributed by atoms with Crippen LogP contribution in [0.2, 0.25) is 0 Å². The molecule has 3 aromatic rings. The SMILES string of the molecule is C=CCN(CC(=O)N(CCc1ccc(OC)c(OC)c1)Cc1cccs1)C(=O)c1ccccc1F. The fraction of sp³-hybridized carbons (Fsp3) is 0.259. The van der Waals surface area contributed by atoms with Gasteiger partial charge in [0, 0.05) is 18.0 Å². The third-order valence-corrected chi connectivity index (χ3v) is 6.33. The lowest BCUT2D eigenvalue weighted by Gasteiger charge is -2.27. The number of halogens is 1. The fourth-order valence-corrected chi connectivity index (χ4v) is 4.35. The summed E-state index contributed by atoms with van der Waals surface area (Å²) in [5.41, 5.74) is 0.911. The van der Waals surface area contributed by atoms with Crippen molar-refractivity contribution in [2.45, 2.75) is 13.0 Å². The van der Waals surface area contributed by atoms with Crippen LogP contribution in [-0.4, -0.2) is 55.5 Å². The van der Waals surface area contributed by atoms with Crippen LogP contribution in [0.25, 0.3) is 0 Å². The summed E-state index contributed by atoms with van der Waals surface area (Å²) in [6, 6.07) is 15.3. The van der Waals surface area contributed by atoms with Crippen molar-refractivity contribution in [3.8, 4) is 11.5 Å². The van der Waals surface area contributed by atoms with Gasteiger partial charge in [-0.1, -0.05) is 30.3 Å². The number of thiophene rings is 1. The number of methoxy groups -OCH3 is 2. The van der Waals surface area contributed by atoms with E-state index in [4.69, 9.17) is 9.47 Å². The topological polar surface area (TPSA) is 59.1 Å². The van der Waals surface area contributed by atoms with Gasteiger partial charge in [0.25, 0.3) is 5.91 Å². The van der Waals surface area contributed by atoms with Crippen molar-refractivity contribution < 1.29 is 23.5 Å². The van der Waals surface area contributed by atoms with Gasteiger partial charge in [0.1, 0.15) is 12.4 Å². The van der Waals surface area contributed by atoms with Crippen LogP contribution in [0.15, 0.2) is 72.6 Å². The Hall–Kier alpha value is -3.65. The first kappa shape index (κ1) is 26.0. The van der Waals surface area contributed by atoms with Crippen molar-refractivity contribution in [2.75, 3.05) is 33.9 Å². The van der Waals surface area contributed by atoms with Gasteiger partial charge in [-0.05, 0) is 47.7 Å². The van der Waals surface area contributed by atoms with E-state index in [0.29, 0.717) is 31.0 Å². The number of benzene rings is 2. The minimum atomic E-state index is -0.622. The van der Waals surface area contributed by atoms with Gasteiger partial charge in [-0.25, -0.2) is 4.39 Å². The molecule has 6 nitrogen and oxygen atoms in total. The molecule has 184 valence electrons. The van der Waals surface area contributed by atoms with Gasteiger partial charge in [0.2, 0.25) is 5.91 Å². The second-order valence-electron chi connectivity index (χ2n) is 7.79. The summed E-state index contributed by atoms with van der Waals surface area (Å²) in [5.74, 6) is -0.149. The van der Waals surface area contributed by atoms with Gasteiger partial charge in [-0.2, -0.15) is 0 Å². The van der Waals surface area contributed by atoms with E-state index in [2.05, 4.69) is 6.58 Å². The Kier molecular flexibility index (Phi) is 9.43. The summed E-state index contributed by atoms with van der Waals surface area (Å²) in [7, 11) is 3.16. The Morgan fingerprint density at radius 2 is 1.80 bits per heavy atom. The maximum Gasteiger partial charge on any atom is 0.257 e. The Morgan fingerprint density at radius 3 is 2.46 bits per heavy atom. The number of hydrogen-bond donors (Lipinski definition) is 0. The molecule has 0 N–H and O–H groups in total. The fourth-order valence-electron chi connectivity index (χ4n) is 3.63. The average molecular weight is 497 g/mol. The molecule has 1 aromatic heterocycles. The molecule has 8 heteroatoms. The molecule has 0 unspecified atom stereocenters. The van der Waals surface area contributed by atoms with Crippen LogP contribution in [0.4, 0.5) is 4.39 Å². The summed E-state index contributed by atoms with van der Waals surface area (Å²) < 4.78 is 24.9. The van der Waals surface area contributed by atoms with Gasteiger partial charge < -0.3 is 19.3 Å². The molecular weight excluding hydrogens is 467 g/mol. The van der Waals surface area contributed by atoms with Crippen molar-refractivity contribution in [1.82, 2.24) is 9.80 Å². The van der Waals surface area contributed by atoms with E-state index >= 15 is 0 Å². The third kappa shape index (κ3) is 6.93. The number of carbonyl (C=O) groups is 2. The van der Waals surface area contributed by atoms with Crippen molar-refractivity contribution in [3.05, 3.63) is 94.5 Å². The second-order valence-corrected chi connectivity index (χ2v) is 8.82. The van der Waals surface area contributed by atoms with Gasteiger partial charge in [-0.15, -0.1) is 17.9 Å². The minimum absolute atomic E-state index is 0.0720. The van der Waals surface area contributed by atoms with Crippen molar-refractivity contribution >= 4 is 23.2 Å². The van der Waals surface area contributed by atoms with Crippen molar-refractivity contribution in [2.24, 2.45) is 0 Å². The molecule has 0 radical (unpaired) electrons. The van der Waals surface area contributed by atoms with Crippen LogP contribution < -0.4 is 9.47 Å². The van der Waals surface area contributed by atoms with Crippen LogP contribution in [0, 0.1) is 5.82 Å². The van der Waals surface area contributed by atoms with E-state index in [0.717, 1.165) is 10.4 Å². The summed E-state index contributed by atoms with van der Waals surface area (Å²) in [6.45, 7) is 4.48. The lowest BCUT2D eigenvalue weighted by atomic mass is 10.1. The van der Waals surface area contributed by atoms with E-state index < -0.39 is 11.7 Å². The highest BCUT2D eigenvalue weighted by atomic mass is 32.1. The number of ether oxygens (including phenoxy) is 2. The Morgan fingerprint density at radius 1 is 1.03 bits per heavy atom. The first-order chi connectivity index (χ1) is 17.0. The molecule has 0 bridgehead atoms. The number of nitrogens with zero attached hydrogens (tertiary/aromatic N) is 2. The molecule has 1 heterocycles. The second kappa shape index (κ2) is 12.7. The highest BCUT2D eigenvalue weighted by Gasteiger charge is 2.24. The first-order valence-corrected chi connectivity index (χ1v) is 12.0. The maximum absolute atomic E-state index is 14.2. The van der Waals surface area contributed by atoms with Crippen LogP contribution in [-0.2, 0) is 17.8 Å². The Balaban J connectivity index is 1.77. The summed E-state index contributed by atoms with van der Waals surface area (Å²) >= 11 is 1.56. The van der Waals surface area contributed by atoms with Gasteiger partial charge >= 0.3 is 0 Å². The van der Waals surface area contributed by atoms with E-state index in [1.165, 1.54) is 29.2 Å².